The number of ether oxygens (including phenoxy) is 1. The fraction of sp³-hybridized carbons (Fsp3) is 0.250. The van der Waals surface area contributed by atoms with Crippen LogP contribution in [0.5, 0.6) is 0 Å². The van der Waals surface area contributed by atoms with Gasteiger partial charge in [-0.3, -0.25) is 9.78 Å². The topological polar surface area (TPSA) is 42.5 Å². The molecule has 2 aliphatic rings. The average molecular weight is 251 g/mol. The number of fused-ring (bicyclic) bond motifs is 1. The fourth-order valence-corrected chi connectivity index (χ4v) is 3.04. The van der Waals surface area contributed by atoms with Gasteiger partial charge in [0.1, 0.15) is 6.10 Å². The van der Waals surface area contributed by atoms with Gasteiger partial charge in [-0.1, -0.05) is 24.3 Å². The number of carbonyl (C=O) groups is 1. The maximum Gasteiger partial charge on any atom is 0.198 e. The lowest BCUT2D eigenvalue weighted by Gasteiger charge is -2.20. The molecule has 1 saturated heterocycles. The van der Waals surface area contributed by atoms with Gasteiger partial charge in [0.15, 0.2) is 11.4 Å². The number of epoxide rings is 1. The third-order valence-corrected chi connectivity index (χ3v) is 4.12. The number of hydrogen-bond donors (Lipinski definition) is 0. The molecular weight excluding hydrogens is 238 g/mol. The van der Waals surface area contributed by atoms with E-state index < -0.39 is 5.60 Å². The molecule has 0 unspecified atom stereocenters. The van der Waals surface area contributed by atoms with Crippen LogP contribution in [-0.4, -0.2) is 16.4 Å². The van der Waals surface area contributed by atoms with Crippen molar-refractivity contribution in [1.82, 2.24) is 4.98 Å². The van der Waals surface area contributed by atoms with Gasteiger partial charge in [0, 0.05) is 18.0 Å². The van der Waals surface area contributed by atoms with Gasteiger partial charge in [-0.15, -0.1) is 0 Å². The van der Waals surface area contributed by atoms with Crippen LogP contribution in [-0.2, 0) is 11.2 Å². The zero-order valence-corrected chi connectivity index (χ0v) is 10.4. The van der Waals surface area contributed by atoms with E-state index in [1.807, 2.05) is 36.4 Å². The molecule has 1 spiro atoms. The summed E-state index contributed by atoms with van der Waals surface area (Å²) in [6, 6.07) is 11.7. The van der Waals surface area contributed by atoms with Gasteiger partial charge >= 0.3 is 0 Å². The quantitative estimate of drug-likeness (QED) is 0.732. The molecule has 0 radical (unpaired) electrons. The van der Waals surface area contributed by atoms with Crippen molar-refractivity contribution in [2.75, 3.05) is 0 Å². The van der Waals surface area contributed by atoms with Crippen LogP contribution in [0.3, 0.4) is 0 Å². The van der Waals surface area contributed by atoms with Crippen molar-refractivity contribution < 1.29 is 9.53 Å². The summed E-state index contributed by atoms with van der Waals surface area (Å²) in [7, 11) is 0. The molecule has 0 amide bonds. The zero-order valence-electron chi connectivity index (χ0n) is 10.4. The Bertz CT molecular complexity index is 653. The molecule has 0 saturated carbocycles. The molecule has 1 aliphatic carbocycles. The number of aromatic nitrogens is 1. The van der Waals surface area contributed by atoms with Crippen molar-refractivity contribution in [3.05, 3.63) is 65.5 Å². The Kier molecular flexibility index (Phi) is 2.15. The number of hydrogen-bond acceptors (Lipinski definition) is 3. The van der Waals surface area contributed by atoms with Crippen molar-refractivity contribution in [3.63, 3.8) is 0 Å². The van der Waals surface area contributed by atoms with Crippen LogP contribution in [0.15, 0.2) is 48.8 Å². The number of aryl methyl sites for hydroxylation is 1. The van der Waals surface area contributed by atoms with Gasteiger partial charge in [0.25, 0.3) is 0 Å². The van der Waals surface area contributed by atoms with Crippen LogP contribution < -0.4 is 0 Å². The summed E-state index contributed by atoms with van der Waals surface area (Å²) in [6.07, 6.45) is 5.06. The van der Waals surface area contributed by atoms with E-state index in [9.17, 15) is 4.79 Å². The minimum Gasteiger partial charge on any atom is -0.352 e. The Balaban J connectivity index is 1.71. The van der Waals surface area contributed by atoms with Crippen molar-refractivity contribution in [2.24, 2.45) is 0 Å². The van der Waals surface area contributed by atoms with Crippen LogP contribution >= 0.6 is 0 Å². The molecule has 4 rings (SSSR count). The number of carbonyl (C=O) groups excluding carboxylic acids is 1. The smallest absolute Gasteiger partial charge is 0.198 e. The summed E-state index contributed by atoms with van der Waals surface area (Å²) in [5.41, 5.74) is 2.39. The first-order valence-corrected chi connectivity index (χ1v) is 6.52. The van der Waals surface area contributed by atoms with E-state index in [1.54, 1.807) is 12.4 Å². The molecule has 1 fully saturated rings. The molecular formula is C16H13NO2. The van der Waals surface area contributed by atoms with E-state index in [-0.39, 0.29) is 11.9 Å². The maximum absolute atomic E-state index is 12.6. The number of benzene rings is 1. The van der Waals surface area contributed by atoms with E-state index in [0.29, 0.717) is 0 Å². The van der Waals surface area contributed by atoms with Gasteiger partial charge < -0.3 is 4.74 Å². The number of rotatable bonds is 1. The summed E-state index contributed by atoms with van der Waals surface area (Å²) in [6.45, 7) is 0. The predicted octanol–water partition coefficient (Wildman–Crippen LogP) is 2.72. The number of pyridine rings is 1. The van der Waals surface area contributed by atoms with Crippen molar-refractivity contribution in [3.8, 4) is 0 Å². The Morgan fingerprint density at radius 2 is 1.95 bits per heavy atom. The van der Waals surface area contributed by atoms with E-state index in [1.165, 1.54) is 0 Å². The highest BCUT2D eigenvalue weighted by Crippen LogP contribution is 2.56. The van der Waals surface area contributed by atoms with E-state index in [2.05, 4.69) is 4.98 Å². The first kappa shape index (κ1) is 10.9. The number of ketones is 1. The SMILES string of the molecule is O=C1c2ccccc2CC[C@]12O[C@H]2c1ccncc1. The van der Waals surface area contributed by atoms with Crippen LogP contribution in [0.4, 0.5) is 0 Å². The van der Waals surface area contributed by atoms with Crippen LogP contribution in [0.25, 0.3) is 0 Å². The van der Waals surface area contributed by atoms with Gasteiger partial charge in [-0.25, -0.2) is 0 Å². The molecule has 3 heteroatoms. The van der Waals surface area contributed by atoms with E-state index in [4.69, 9.17) is 4.74 Å². The molecule has 0 N–H and O–H groups in total. The Hall–Kier alpha value is -2.00. The summed E-state index contributed by atoms with van der Waals surface area (Å²) < 4.78 is 5.82. The maximum atomic E-state index is 12.6. The Morgan fingerprint density at radius 3 is 2.79 bits per heavy atom. The number of nitrogens with zero attached hydrogens (tertiary/aromatic N) is 1. The van der Waals surface area contributed by atoms with Crippen LogP contribution in [0.1, 0.15) is 34.0 Å². The lowest BCUT2D eigenvalue weighted by atomic mass is 9.79. The molecule has 3 nitrogen and oxygen atoms in total. The van der Waals surface area contributed by atoms with Crippen molar-refractivity contribution >= 4 is 5.78 Å². The van der Waals surface area contributed by atoms with E-state index >= 15 is 0 Å². The first-order valence-electron chi connectivity index (χ1n) is 6.52. The molecule has 1 aromatic heterocycles. The number of Topliss-reactive ketones (excluding diaryl/α,β-unsaturated/α-hetero) is 1. The monoisotopic (exact) mass is 251 g/mol. The second kappa shape index (κ2) is 3.75. The van der Waals surface area contributed by atoms with Crippen LogP contribution in [0.2, 0.25) is 0 Å². The summed E-state index contributed by atoms with van der Waals surface area (Å²) in [5, 5.41) is 0. The predicted molar refractivity (Wildman–Crippen MR) is 69.9 cm³/mol. The summed E-state index contributed by atoms with van der Waals surface area (Å²) in [5.74, 6) is 0.135. The highest BCUT2D eigenvalue weighted by molar-refractivity contribution is 6.07. The minimum atomic E-state index is -0.615. The highest BCUT2D eigenvalue weighted by atomic mass is 16.6. The lowest BCUT2D eigenvalue weighted by molar-refractivity contribution is 0.0850. The Labute approximate surface area is 111 Å². The normalized spacial score (nSPS) is 28.2. The molecule has 2 atom stereocenters. The molecule has 0 bridgehead atoms. The minimum absolute atomic E-state index is 0.101. The third kappa shape index (κ3) is 1.48. The average Bonchev–Trinajstić information content (AvgIpc) is 3.20. The van der Waals surface area contributed by atoms with Gasteiger partial charge in [-0.05, 0) is 36.1 Å². The zero-order chi connectivity index (χ0) is 12.9. The largest absolute Gasteiger partial charge is 0.352 e. The summed E-state index contributed by atoms with van der Waals surface area (Å²) >= 11 is 0. The van der Waals surface area contributed by atoms with Gasteiger partial charge in [0.05, 0.1) is 0 Å². The second-order valence-corrected chi connectivity index (χ2v) is 5.15. The van der Waals surface area contributed by atoms with Gasteiger partial charge in [0.2, 0.25) is 0 Å². The summed E-state index contributed by atoms with van der Waals surface area (Å²) in [4.78, 5) is 16.6. The molecule has 1 aromatic carbocycles. The molecule has 19 heavy (non-hydrogen) atoms. The van der Waals surface area contributed by atoms with Gasteiger partial charge in [-0.2, -0.15) is 0 Å². The first-order chi connectivity index (χ1) is 9.31. The standard InChI is InChI=1S/C16H13NO2/c18-14-13-4-2-1-3-11(13)5-8-16(14)15(19-16)12-6-9-17-10-7-12/h1-4,6-7,9-10,15H,5,8H2/t15-,16-/m0/s1. The molecule has 2 heterocycles. The van der Waals surface area contributed by atoms with Crippen molar-refractivity contribution in [1.29, 1.82) is 0 Å². The second-order valence-electron chi connectivity index (χ2n) is 5.15. The highest BCUT2D eigenvalue weighted by Gasteiger charge is 2.63. The van der Waals surface area contributed by atoms with Crippen LogP contribution in [0, 0.1) is 0 Å². The fourth-order valence-electron chi connectivity index (χ4n) is 3.04. The Morgan fingerprint density at radius 1 is 1.16 bits per heavy atom. The van der Waals surface area contributed by atoms with E-state index in [0.717, 1.165) is 29.5 Å². The molecule has 1 aliphatic heterocycles. The lowest BCUT2D eigenvalue weighted by Crippen LogP contribution is -2.31. The molecule has 94 valence electrons. The third-order valence-electron chi connectivity index (χ3n) is 4.12. The molecule has 2 aromatic rings. The van der Waals surface area contributed by atoms with Crippen molar-refractivity contribution in [2.45, 2.75) is 24.5 Å².